The lowest BCUT2D eigenvalue weighted by Gasteiger charge is -2.38. The van der Waals surface area contributed by atoms with Gasteiger partial charge in [0.25, 0.3) is 0 Å². The molecular formula is C33H44N4O8S2. The maximum absolute atomic E-state index is 14.0. The molecule has 0 aromatic heterocycles. The maximum Gasteiger partial charge on any atom is 0.246 e. The van der Waals surface area contributed by atoms with Crippen molar-refractivity contribution in [3.8, 4) is 22.6 Å². The zero-order valence-electron chi connectivity index (χ0n) is 26.7. The molecule has 47 heavy (non-hydrogen) atoms. The summed E-state index contributed by atoms with van der Waals surface area (Å²) in [6.45, 7) is 3.91. The first kappa shape index (κ1) is 35.2. The molecule has 3 aromatic carbocycles. The molecule has 256 valence electrons. The van der Waals surface area contributed by atoms with Crippen LogP contribution in [0.25, 0.3) is 11.1 Å². The van der Waals surface area contributed by atoms with E-state index in [4.69, 9.17) is 19.9 Å². The van der Waals surface area contributed by atoms with E-state index in [0.717, 1.165) is 16.7 Å². The number of sulfonamides is 2. The number of hydrogen-bond donors (Lipinski definition) is 4. The Kier molecular flexibility index (Phi) is 11.2. The van der Waals surface area contributed by atoms with E-state index in [9.17, 15) is 21.9 Å². The van der Waals surface area contributed by atoms with Crippen molar-refractivity contribution in [1.82, 2.24) is 14.3 Å². The minimum atomic E-state index is -3.85. The van der Waals surface area contributed by atoms with Crippen molar-refractivity contribution >= 4 is 20.0 Å². The Labute approximate surface area is 277 Å². The number of hydrogen-bond acceptors (Lipinski definition) is 10. The van der Waals surface area contributed by atoms with Crippen LogP contribution in [0.4, 0.5) is 0 Å². The zero-order chi connectivity index (χ0) is 33.7. The molecule has 5 N–H and O–H groups in total. The normalized spacial score (nSPS) is 19.1. The first-order valence-corrected chi connectivity index (χ1v) is 18.7. The number of piperidine rings is 1. The number of aliphatic hydroxyl groups excluding tert-OH is 1. The van der Waals surface area contributed by atoms with E-state index in [1.165, 1.54) is 23.5 Å². The SMILES string of the molecule is CCOc1ccc(-c2ccc(CN)cc2)cc1S(=O)(=O)N1CCC2(CC1)C[C@H](NCC(O)COc1cccc(S(=O)(=O)NC)c1)CO2. The van der Waals surface area contributed by atoms with E-state index < -0.39 is 31.8 Å². The number of ether oxygens (including phenoxy) is 3. The fourth-order valence-corrected chi connectivity index (χ4v) is 8.36. The van der Waals surface area contributed by atoms with Gasteiger partial charge in [0.1, 0.15) is 29.1 Å². The summed E-state index contributed by atoms with van der Waals surface area (Å²) in [4.78, 5) is 0.226. The zero-order valence-corrected chi connectivity index (χ0v) is 28.4. The van der Waals surface area contributed by atoms with Crippen LogP contribution in [0.5, 0.6) is 11.5 Å². The lowest BCUT2D eigenvalue weighted by Crippen LogP contribution is -2.47. The van der Waals surface area contributed by atoms with Crippen molar-refractivity contribution < 1.29 is 36.2 Å². The molecule has 2 atom stereocenters. The van der Waals surface area contributed by atoms with Gasteiger partial charge in [0, 0.05) is 38.3 Å². The predicted octanol–water partition coefficient (Wildman–Crippen LogP) is 2.46. The van der Waals surface area contributed by atoms with Crippen LogP contribution in [0.3, 0.4) is 0 Å². The highest BCUT2D eigenvalue weighted by Gasteiger charge is 2.45. The van der Waals surface area contributed by atoms with Gasteiger partial charge in [0.05, 0.1) is 23.7 Å². The number of nitrogens with zero attached hydrogens (tertiary/aromatic N) is 1. The van der Waals surface area contributed by atoms with Gasteiger partial charge in [-0.15, -0.1) is 0 Å². The van der Waals surface area contributed by atoms with E-state index in [0.29, 0.717) is 63.6 Å². The molecule has 2 aliphatic rings. The van der Waals surface area contributed by atoms with Crippen LogP contribution < -0.4 is 25.2 Å². The third kappa shape index (κ3) is 8.32. The summed E-state index contributed by atoms with van der Waals surface area (Å²) in [5.41, 5.74) is 7.96. The molecule has 0 amide bonds. The van der Waals surface area contributed by atoms with Crippen molar-refractivity contribution in [2.24, 2.45) is 5.73 Å². The van der Waals surface area contributed by atoms with Gasteiger partial charge in [-0.05, 0) is 74.2 Å². The van der Waals surface area contributed by atoms with Gasteiger partial charge < -0.3 is 30.4 Å². The third-order valence-corrected chi connectivity index (χ3v) is 12.0. The molecular weight excluding hydrogens is 645 g/mol. The van der Waals surface area contributed by atoms with Gasteiger partial charge in [-0.3, -0.25) is 0 Å². The fraction of sp³-hybridized carbons (Fsp3) is 0.455. The van der Waals surface area contributed by atoms with Crippen LogP contribution in [-0.4, -0.2) is 90.5 Å². The van der Waals surface area contributed by atoms with Crippen LogP contribution in [0.1, 0.15) is 31.7 Å². The number of benzene rings is 3. The lowest BCUT2D eigenvalue weighted by molar-refractivity contribution is -0.0312. The summed E-state index contributed by atoms with van der Waals surface area (Å²) < 4.78 is 73.4. The Bertz CT molecular complexity index is 1730. The first-order chi connectivity index (χ1) is 22.5. The van der Waals surface area contributed by atoms with Gasteiger partial charge in [-0.25, -0.2) is 21.6 Å². The van der Waals surface area contributed by atoms with E-state index in [1.807, 2.05) is 37.3 Å². The molecule has 2 heterocycles. The quantitative estimate of drug-likeness (QED) is 0.197. The number of nitrogens with two attached hydrogens (primary N) is 1. The summed E-state index contributed by atoms with van der Waals surface area (Å²) in [5, 5.41) is 13.8. The van der Waals surface area contributed by atoms with Crippen LogP contribution in [0.2, 0.25) is 0 Å². The smallest absolute Gasteiger partial charge is 0.246 e. The van der Waals surface area contributed by atoms with Gasteiger partial charge in [-0.1, -0.05) is 36.4 Å². The minimum Gasteiger partial charge on any atom is -0.492 e. The molecule has 2 fully saturated rings. The predicted molar refractivity (Wildman–Crippen MR) is 178 cm³/mol. The number of aliphatic hydroxyl groups is 1. The van der Waals surface area contributed by atoms with E-state index in [1.54, 1.807) is 24.3 Å². The average molecular weight is 689 g/mol. The molecule has 0 saturated carbocycles. The average Bonchev–Trinajstić information content (AvgIpc) is 3.48. The second-order valence-corrected chi connectivity index (χ2v) is 15.6. The minimum absolute atomic E-state index is 0.0104. The molecule has 1 spiro atoms. The second-order valence-electron chi connectivity index (χ2n) is 11.9. The third-order valence-electron chi connectivity index (χ3n) is 8.70. The van der Waals surface area contributed by atoms with Crippen molar-refractivity contribution in [2.45, 2.75) is 60.3 Å². The Morgan fingerprint density at radius 1 is 1.02 bits per heavy atom. The van der Waals surface area contributed by atoms with Crippen molar-refractivity contribution in [2.75, 3.05) is 46.5 Å². The number of nitrogens with one attached hydrogen (secondary N) is 2. The monoisotopic (exact) mass is 688 g/mol. The topological polar surface area (TPSA) is 170 Å². The summed E-state index contributed by atoms with van der Waals surface area (Å²) in [7, 11) is -6.11. The Morgan fingerprint density at radius 3 is 2.43 bits per heavy atom. The molecule has 0 aliphatic carbocycles. The molecule has 5 rings (SSSR count). The fourth-order valence-electron chi connectivity index (χ4n) is 6.00. The molecule has 2 aliphatic heterocycles. The van der Waals surface area contributed by atoms with Gasteiger partial charge in [0.2, 0.25) is 20.0 Å². The summed E-state index contributed by atoms with van der Waals surface area (Å²) >= 11 is 0. The lowest BCUT2D eigenvalue weighted by atomic mass is 9.88. The second kappa shape index (κ2) is 15.0. The Hall–Kier alpha value is -3.08. The van der Waals surface area contributed by atoms with E-state index >= 15 is 0 Å². The van der Waals surface area contributed by atoms with E-state index in [-0.39, 0.29) is 29.0 Å². The highest BCUT2D eigenvalue weighted by Crippen LogP contribution is 2.39. The van der Waals surface area contributed by atoms with E-state index in [2.05, 4.69) is 10.0 Å². The highest BCUT2D eigenvalue weighted by atomic mass is 32.2. The summed E-state index contributed by atoms with van der Waals surface area (Å²) in [6.07, 6.45) is 0.951. The standard InChI is InChI=1S/C33H44N4O8S2/c1-3-43-31-12-11-26(25-9-7-24(20-34)8-10-25)17-32(31)47(41,42)37-15-13-33(14-16-37)19-27(22-45-33)36-21-28(38)23-44-29-5-4-6-30(18-29)46(39,40)35-2/h4-12,17-18,27-28,35-36,38H,3,13-16,19-23,34H2,1-2H3/t27-,28?/m0/s1. The first-order valence-electron chi connectivity index (χ1n) is 15.8. The van der Waals surface area contributed by atoms with Crippen molar-refractivity contribution in [1.29, 1.82) is 0 Å². The molecule has 1 unspecified atom stereocenters. The van der Waals surface area contributed by atoms with Crippen LogP contribution in [0.15, 0.2) is 76.5 Å². The summed E-state index contributed by atoms with van der Waals surface area (Å²) in [5.74, 6) is 0.668. The molecule has 14 heteroatoms. The molecule has 0 bridgehead atoms. The van der Waals surface area contributed by atoms with Crippen molar-refractivity contribution in [3.05, 3.63) is 72.3 Å². The Balaban J connectivity index is 1.15. The largest absolute Gasteiger partial charge is 0.492 e. The van der Waals surface area contributed by atoms with Crippen LogP contribution in [0, 0.1) is 0 Å². The summed E-state index contributed by atoms with van der Waals surface area (Å²) in [6, 6.07) is 19.1. The van der Waals surface area contributed by atoms with Gasteiger partial charge in [0.15, 0.2) is 0 Å². The van der Waals surface area contributed by atoms with Gasteiger partial charge in [-0.2, -0.15) is 4.31 Å². The molecule has 12 nitrogen and oxygen atoms in total. The Morgan fingerprint density at radius 2 is 1.74 bits per heavy atom. The molecule has 2 saturated heterocycles. The maximum atomic E-state index is 14.0. The number of rotatable bonds is 14. The van der Waals surface area contributed by atoms with Crippen molar-refractivity contribution in [3.63, 3.8) is 0 Å². The highest BCUT2D eigenvalue weighted by molar-refractivity contribution is 7.89. The molecule has 0 radical (unpaired) electrons. The van der Waals surface area contributed by atoms with Crippen LogP contribution in [-0.2, 0) is 31.3 Å². The molecule has 3 aromatic rings. The van der Waals surface area contributed by atoms with Crippen LogP contribution >= 0.6 is 0 Å². The van der Waals surface area contributed by atoms with Gasteiger partial charge >= 0.3 is 0 Å².